The summed E-state index contributed by atoms with van der Waals surface area (Å²) < 4.78 is 12.5. The second-order valence-electron chi connectivity index (χ2n) is 5.87. The third kappa shape index (κ3) is 4.69. The first-order chi connectivity index (χ1) is 13.1. The fourth-order valence-corrected chi connectivity index (χ4v) is 2.84. The predicted octanol–water partition coefficient (Wildman–Crippen LogP) is -1.08. The Balaban J connectivity index is 1.72. The third-order valence-corrected chi connectivity index (χ3v) is 4.22. The Morgan fingerprint density at radius 1 is 1.26 bits per heavy atom. The van der Waals surface area contributed by atoms with E-state index in [0.29, 0.717) is 18.2 Å². The van der Waals surface area contributed by atoms with E-state index < -0.39 is 37.3 Å². The van der Waals surface area contributed by atoms with Crippen molar-refractivity contribution in [3.63, 3.8) is 0 Å². The fourth-order valence-electron chi connectivity index (χ4n) is 2.75. The van der Waals surface area contributed by atoms with Crippen LogP contribution in [-0.4, -0.2) is 84.0 Å². The number of rotatable bonds is 8. The molecule has 0 spiro atoms. The molecule has 0 amide bonds. The molecule has 2 aromatic heterocycles. The maximum atomic E-state index is 10.5. The highest BCUT2D eigenvalue weighted by atomic mass is 35.5. The first kappa shape index (κ1) is 19.9. The fraction of sp³-hybridized carbons (Fsp3) is 0.600. The molecule has 0 aromatic carbocycles. The van der Waals surface area contributed by atoms with Crippen LogP contribution in [0.4, 0.5) is 5.95 Å². The van der Waals surface area contributed by atoms with Gasteiger partial charge in [-0.1, -0.05) is 5.21 Å². The summed E-state index contributed by atoms with van der Waals surface area (Å²) in [6.07, 6.45) is 0.293. The minimum absolute atomic E-state index is 0.165. The number of hydrogen-bond donors (Lipinski definition) is 4. The molecule has 2 unspecified atom stereocenters. The topological polar surface area (TPSA) is 148 Å². The van der Waals surface area contributed by atoms with Gasteiger partial charge in [0.05, 0.1) is 26.0 Å². The van der Waals surface area contributed by atoms with Crippen LogP contribution in [0.3, 0.4) is 0 Å². The van der Waals surface area contributed by atoms with Crippen LogP contribution < -0.4 is 5.32 Å². The molecule has 27 heavy (non-hydrogen) atoms. The van der Waals surface area contributed by atoms with E-state index >= 15 is 0 Å². The van der Waals surface area contributed by atoms with Crippen molar-refractivity contribution in [1.29, 1.82) is 0 Å². The van der Waals surface area contributed by atoms with Crippen molar-refractivity contribution in [2.45, 2.75) is 37.2 Å². The lowest BCUT2D eigenvalue weighted by Gasteiger charge is -2.41. The van der Waals surface area contributed by atoms with Crippen LogP contribution in [0.15, 0.2) is 24.7 Å². The number of alkyl halides is 1. The summed E-state index contributed by atoms with van der Waals surface area (Å²) in [5.74, 6) is 0.663. The van der Waals surface area contributed by atoms with Gasteiger partial charge >= 0.3 is 0 Å². The third-order valence-electron chi connectivity index (χ3n) is 4.06. The number of aliphatic hydroxyl groups excluding tert-OH is 3. The Bertz CT molecular complexity index is 707. The normalized spacial score (nSPS) is 28.2. The molecule has 11 nitrogen and oxygen atoms in total. The molecule has 0 aliphatic carbocycles. The number of aliphatic hydroxyl groups is 3. The van der Waals surface area contributed by atoms with E-state index in [2.05, 4.69) is 25.6 Å². The lowest BCUT2D eigenvalue weighted by Crippen LogP contribution is -2.57. The maximum Gasteiger partial charge on any atom is 0.222 e. The van der Waals surface area contributed by atoms with Gasteiger partial charge < -0.3 is 30.1 Å². The Kier molecular flexibility index (Phi) is 6.88. The average molecular weight is 401 g/mol. The van der Waals surface area contributed by atoms with E-state index in [4.69, 9.17) is 21.1 Å². The van der Waals surface area contributed by atoms with Crippen LogP contribution in [0.25, 0.3) is 0 Å². The van der Waals surface area contributed by atoms with Gasteiger partial charge in [-0.15, -0.1) is 16.7 Å². The summed E-state index contributed by atoms with van der Waals surface area (Å²) in [7, 11) is 0. The van der Waals surface area contributed by atoms with E-state index in [1.165, 1.54) is 4.68 Å². The van der Waals surface area contributed by atoms with Crippen molar-refractivity contribution in [3.05, 3.63) is 30.4 Å². The van der Waals surface area contributed by atoms with Gasteiger partial charge in [0.15, 0.2) is 6.29 Å². The van der Waals surface area contributed by atoms with Gasteiger partial charge in [0.2, 0.25) is 5.95 Å². The molecular weight excluding hydrogens is 380 g/mol. The zero-order valence-electron chi connectivity index (χ0n) is 14.3. The smallest absolute Gasteiger partial charge is 0.222 e. The molecule has 4 N–H and O–H groups in total. The monoisotopic (exact) mass is 400 g/mol. The SMILES string of the molecule is OCC1O[C@H](OCCCl)C(n2cc(CNc3ncccn3)nn2)[C@@H](O)[C@@H]1O. The van der Waals surface area contributed by atoms with Gasteiger partial charge in [-0.2, -0.15) is 0 Å². The summed E-state index contributed by atoms with van der Waals surface area (Å²) in [4.78, 5) is 8.10. The molecular formula is C15H21ClN6O5. The molecule has 3 heterocycles. The molecule has 5 atom stereocenters. The van der Waals surface area contributed by atoms with Gasteiger partial charge in [0.25, 0.3) is 0 Å². The lowest BCUT2D eigenvalue weighted by molar-refractivity contribution is -0.280. The number of halogens is 1. The highest BCUT2D eigenvalue weighted by molar-refractivity contribution is 6.17. The molecule has 1 aliphatic heterocycles. The van der Waals surface area contributed by atoms with Crippen LogP contribution in [0.2, 0.25) is 0 Å². The van der Waals surface area contributed by atoms with E-state index in [0.717, 1.165) is 0 Å². The highest BCUT2D eigenvalue weighted by Crippen LogP contribution is 2.30. The second-order valence-corrected chi connectivity index (χ2v) is 6.25. The van der Waals surface area contributed by atoms with Gasteiger partial charge in [-0.25, -0.2) is 14.6 Å². The molecule has 12 heteroatoms. The van der Waals surface area contributed by atoms with Crippen LogP contribution in [0.1, 0.15) is 11.7 Å². The van der Waals surface area contributed by atoms with Crippen LogP contribution in [-0.2, 0) is 16.0 Å². The molecule has 0 saturated carbocycles. The van der Waals surface area contributed by atoms with Crippen molar-refractivity contribution in [3.8, 4) is 0 Å². The summed E-state index contributed by atoms with van der Waals surface area (Å²) >= 11 is 5.66. The Hall–Kier alpha value is -1.89. The van der Waals surface area contributed by atoms with Crippen LogP contribution >= 0.6 is 11.6 Å². The van der Waals surface area contributed by atoms with Crippen molar-refractivity contribution < 1.29 is 24.8 Å². The van der Waals surface area contributed by atoms with Crippen molar-refractivity contribution in [2.75, 3.05) is 24.4 Å². The number of ether oxygens (including phenoxy) is 2. The predicted molar refractivity (Wildman–Crippen MR) is 92.9 cm³/mol. The number of nitrogens with zero attached hydrogens (tertiary/aromatic N) is 5. The van der Waals surface area contributed by atoms with E-state index in [9.17, 15) is 15.3 Å². The van der Waals surface area contributed by atoms with Crippen LogP contribution in [0, 0.1) is 0 Å². The zero-order chi connectivity index (χ0) is 19.2. The number of aromatic nitrogens is 5. The molecule has 1 aliphatic rings. The van der Waals surface area contributed by atoms with Crippen molar-refractivity contribution in [2.24, 2.45) is 0 Å². The van der Waals surface area contributed by atoms with Crippen molar-refractivity contribution in [1.82, 2.24) is 25.0 Å². The van der Waals surface area contributed by atoms with Gasteiger partial charge in [-0.3, -0.25) is 0 Å². The summed E-state index contributed by atoms with van der Waals surface area (Å²) in [6.45, 7) is 0.0101. The molecule has 1 saturated heterocycles. The lowest BCUT2D eigenvalue weighted by atomic mass is 9.97. The minimum atomic E-state index is -1.31. The van der Waals surface area contributed by atoms with Gasteiger partial charge in [0, 0.05) is 18.3 Å². The van der Waals surface area contributed by atoms with E-state index in [1.54, 1.807) is 24.7 Å². The number of nitrogens with one attached hydrogen (secondary N) is 1. The van der Waals surface area contributed by atoms with E-state index in [-0.39, 0.29) is 12.5 Å². The average Bonchev–Trinajstić information content (AvgIpc) is 3.16. The van der Waals surface area contributed by atoms with Gasteiger partial charge in [0.1, 0.15) is 30.0 Å². The highest BCUT2D eigenvalue weighted by Gasteiger charge is 2.46. The molecule has 1 fully saturated rings. The van der Waals surface area contributed by atoms with E-state index in [1.807, 2.05) is 0 Å². The molecule has 0 radical (unpaired) electrons. The van der Waals surface area contributed by atoms with Gasteiger partial charge in [-0.05, 0) is 6.07 Å². The second kappa shape index (κ2) is 9.35. The largest absolute Gasteiger partial charge is 0.394 e. The van der Waals surface area contributed by atoms with Crippen molar-refractivity contribution >= 4 is 17.5 Å². The quantitative estimate of drug-likeness (QED) is 0.403. The Morgan fingerprint density at radius 2 is 2.04 bits per heavy atom. The first-order valence-corrected chi connectivity index (χ1v) is 8.89. The summed E-state index contributed by atoms with van der Waals surface area (Å²) in [6, 6.07) is 0.845. The first-order valence-electron chi connectivity index (χ1n) is 8.35. The standard InChI is InChI=1S/C15H21ClN6O5/c16-2-5-26-14-11(13(25)12(24)10(8-23)27-14)22-7-9(20-21-22)6-19-15-17-3-1-4-18-15/h1,3-4,7,10-14,23-25H,2,5-6,8H2,(H,17,18,19)/t10?,11?,12-,13-,14+/m1/s1. The number of hydrogen-bond acceptors (Lipinski definition) is 10. The maximum absolute atomic E-state index is 10.5. The molecule has 0 bridgehead atoms. The number of anilines is 1. The Labute approximate surface area is 159 Å². The van der Waals surface area contributed by atoms with Crippen LogP contribution in [0.5, 0.6) is 0 Å². The summed E-state index contributed by atoms with van der Waals surface area (Å²) in [5, 5.41) is 41.0. The molecule has 148 valence electrons. The summed E-state index contributed by atoms with van der Waals surface area (Å²) in [5.41, 5.74) is 0.560. The minimum Gasteiger partial charge on any atom is -0.394 e. The zero-order valence-corrected chi connectivity index (χ0v) is 15.1. The Morgan fingerprint density at radius 3 is 2.74 bits per heavy atom. The molecule has 3 rings (SSSR count). The molecule has 2 aromatic rings.